The molecule has 2 aromatic carbocycles. The first-order chi connectivity index (χ1) is 10.8. The molecule has 112 valence electrons. The number of hydrogen-bond acceptors (Lipinski definition) is 4. The molecular formula is C18H20N4. The van der Waals surface area contributed by atoms with Gasteiger partial charge in [0.2, 0.25) is 0 Å². The highest BCUT2D eigenvalue weighted by molar-refractivity contribution is 5.53. The lowest BCUT2D eigenvalue weighted by Crippen LogP contribution is -2.47. The summed E-state index contributed by atoms with van der Waals surface area (Å²) >= 11 is 0. The molecule has 2 aromatic rings. The zero-order chi connectivity index (χ0) is 15.4. The molecule has 0 spiro atoms. The quantitative estimate of drug-likeness (QED) is 0.884. The third-order valence-corrected chi connectivity index (χ3v) is 4.18. The first kappa shape index (κ1) is 14.4. The van der Waals surface area contributed by atoms with Crippen molar-refractivity contribution in [1.29, 1.82) is 5.26 Å². The molecule has 22 heavy (non-hydrogen) atoms. The summed E-state index contributed by atoms with van der Waals surface area (Å²) in [6.07, 6.45) is 0. The van der Waals surface area contributed by atoms with Crippen molar-refractivity contribution in [2.75, 3.05) is 36.8 Å². The molecule has 1 aliphatic heterocycles. The van der Waals surface area contributed by atoms with Gasteiger partial charge in [0.1, 0.15) is 6.04 Å². The average molecular weight is 292 g/mol. The van der Waals surface area contributed by atoms with E-state index in [4.69, 9.17) is 5.73 Å². The Morgan fingerprint density at radius 2 is 1.55 bits per heavy atom. The summed E-state index contributed by atoms with van der Waals surface area (Å²) in [6, 6.07) is 20.3. The van der Waals surface area contributed by atoms with Crippen molar-refractivity contribution in [2.45, 2.75) is 6.04 Å². The van der Waals surface area contributed by atoms with Gasteiger partial charge < -0.3 is 10.6 Å². The predicted molar refractivity (Wildman–Crippen MR) is 89.4 cm³/mol. The van der Waals surface area contributed by atoms with E-state index in [1.807, 2.05) is 42.5 Å². The van der Waals surface area contributed by atoms with Gasteiger partial charge in [0, 0.05) is 37.6 Å². The van der Waals surface area contributed by atoms with Crippen LogP contribution in [0.25, 0.3) is 0 Å². The SMILES string of the molecule is N#CC(c1ccccc1)N1CCN(c2ccc(N)cc2)CC1. The second-order valence-corrected chi connectivity index (χ2v) is 5.56. The van der Waals surface area contributed by atoms with Gasteiger partial charge in [-0.05, 0) is 29.8 Å². The molecule has 1 heterocycles. The molecular weight excluding hydrogens is 272 g/mol. The molecule has 1 atom stereocenters. The number of hydrogen-bond donors (Lipinski definition) is 1. The fourth-order valence-corrected chi connectivity index (χ4v) is 2.93. The first-order valence-electron chi connectivity index (χ1n) is 7.57. The number of nitriles is 1. The van der Waals surface area contributed by atoms with E-state index < -0.39 is 0 Å². The Hall–Kier alpha value is -2.51. The van der Waals surface area contributed by atoms with Crippen molar-refractivity contribution in [3.8, 4) is 6.07 Å². The van der Waals surface area contributed by atoms with Gasteiger partial charge in [-0.1, -0.05) is 30.3 Å². The van der Waals surface area contributed by atoms with Crippen LogP contribution in [0, 0.1) is 11.3 Å². The van der Waals surface area contributed by atoms with Crippen molar-refractivity contribution >= 4 is 11.4 Å². The summed E-state index contributed by atoms with van der Waals surface area (Å²) in [5, 5.41) is 9.53. The van der Waals surface area contributed by atoms with E-state index in [-0.39, 0.29) is 6.04 Å². The minimum Gasteiger partial charge on any atom is -0.399 e. The Morgan fingerprint density at radius 3 is 2.14 bits per heavy atom. The van der Waals surface area contributed by atoms with Crippen LogP contribution in [0.4, 0.5) is 11.4 Å². The fraction of sp³-hybridized carbons (Fsp3) is 0.278. The fourth-order valence-electron chi connectivity index (χ4n) is 2.93. The minimum absolute atomic E-state index is 0.158. The number of nitrogens with zero attached hydrogens (tertiary/aromatic N) is 3. The van der Waals surface area contributed by atoms with Crippen LogP contribution >= 0.6 is 0 Å². The van der Waals surface area contributed by atoms with E-state index in [0.29, 0.717) is 0 Å². The van der Waals surface area contributed by atoms with E-state index in [1.165, 1.54) is 5.69 Å². The molecule has 0 aliphatic carbocycles. The maximum absolute atomic E-state index is 9.53. The van der Waals surface area contributed by atoms with Crippen LogP contribution in [-0.2, 0) is 0 Å². The lowest BCUT2D eigenvalue weighted by Gasteiger charge is -2.38. The number of nitrogens with two attached hydrogens (primary N) is 1. The van der Waals surface area contributed by atoms with Crippen LogP contribution in [0.2, 0.25) is 0 Å². The molecule has 4 heteroatoms. The Labute approximate surface area is 131 Å². The third-order valence-electron chi connectivity index (χ3n) is 4.18. The standard InChI is InChI=1S/C18H20N4/c19-14-18(15-4-2-1-3-5-15)22-12-10-21(11-13-22)17-8-6-16(20)7-9-17/h1-9,18H,10-13,20H2. The molecule has 1 saturated heterocycles. The van der Waals surface area contributed by atoms with Gasteiger partial charge >= 0.3 is 0 Å². The zero-order valence-corrected chi connectivity index (χ0v) is 12.5. The molecule has 1 aliphatic rings. The Bertz CT molecular complexity index is 637. The van der Waals surface area contributed by atoms with Gasteiger partial charge in [-0.15, -0.1) is 0 Å². The van der Waals surface area contributed by atoms with Crippen LogP contribution < -0.4 is 10.6 Å². The first-order valence-corrected chi connectivity index (χ1v) is 7.57. The normalized spacial score (nSPS) is 17.0. The number of nitrogen functional groups attached to an aromatic ring is 1. The lowest BCUT2D eigenvalue weighted by molar-refractivity contribution is 0.222. The number of benzene rings is 2. The highest BCUT2D eigenvalue weighted by Crippen LogP contribution is 2.24. The van der Waals surface area contributed by atoms with Crippen molar-refractivity contribution in [2.24, 2.45) is 0 Å². The van der Waals surface area contributed by atoms with Gasteiger partial charge in [-0.2, -0.15) is 5.26 Å². The van der Waals surface area contributed by atoms with Gasteiger partial charge in [0.05, 0.1) is 6.07 Å². The maximum atomic E-state index is 9.53. The highest BCUT2D eigenvalue weighted by Gasteiger charge is 2.24. The zero-order valence-electron chi connectivity index (χ0n) is 12.5. The van der Waals surface area contributed by atoms with Crippen molar-refractivity contribution < 1.29 is 0 Å². The Kier molecular flexibility index (Phi) is 4.27. The molecule has 0 bridgehead atoms. The number of piperazine rings is 1. The maximum Gasteiger partial charge on any atom is 0.123 e. The summed E-state index contributed by atoms with van der Waals surface area (Å²) < 4.78 is 0. The van der Waals surface area contributed by atoms with Crippen molar-refractivity contribution in [3.63, 3.8) is 0 Å². The Morgan fingerprint density at radius 1 is 0.909 bits per heavy atom. The molecule has 4 nitrogen and oxygen atoms in total. The summed E-state index contributed by atoms with van der Waals surface area (Å²) in [4.78, 5) is 4.60. The van der Waals surface area contributed by atoms with E-state index in [1.54, 1.807) is 0 Å². The van der Waals surface area contributed by atoms with Crippen LogP contribution in [0.1, 0.15) is 11.6 Å². The molecule has 0 radical (unpaired) electrons. The van der Waals surface area contributed by atoms with Crippen LogP contribution in [0.3, 0.4) is 0 Å². The molecule has 1 unspecified atom stereocenters. The van der Waals surface area contributed by atoms with Crippen LogP contribution in [-0.4, -0.2) is 31.1 Å². The molecule has 3 rings (SSSR count). The molecule has 0 amide bonds. The van der Waals surface area contributed by atoms with E-state index in [2.05, 4.69) is 28.0 Å². The highest BCUT2D eigenvalue weighted by atomic mass is 15.3. The van der Waals surface area contributed by atoms with Gasteiger partial charge in [-0.3, -0.25) is 4.90 Å². The van der Waals surface area contributed by atoms with Crippen LogP contribution in [0.15, 0.2) is 54.6 Å². The molecule has 0 aromatic heterocycles. The van der Waals surface area contributed by atoms with Gasteiger partial charge in [-0.25, -0.2) is 0 Å². The second-order valence-electron chi connectivity index (χ2n) is 5.56. The predicted octanol–water partition coefficient (Wildman–Crippen LogP) is 2.66. The monoisotopic (exact) mass is 292 g/mol. The average Bonchev–Trinajstić information content (AvgIpc) is 2.58. The van der Waals surface area contributed by atoms with Gasteiger partial charge in [0.25, 0.3) is 0 Å². The van der Waals surface area contributed by atoms with E-state index in [9.17, 15) is 5.26 Å². The number of anilines is 2. The summed E-state index contributed by atoms with van der Waals surface area (Å²) in [5.74, 6) is 0. The summed E-state index contributed by atoms with van der Waals surface area (Å²) in [7, 11) is 0. The van der Waals surface area contributed by atoms with Crippen molar-refractivity contribution in [3.05, 3.63) is 60.2 Å². The number of rotatable bonds is 3. The third kappa shape index (κ3) is 3.05. The molecule has 0 saturated carbocycles. The van der Waals surface area contributed by atoms with Crippen LogP contribution in [0.5, 0.6) is 0 Å². The largest absolute Gasteiger partial charge is 0.399 e. The lowest BCUT2D eigenvalue weighted by atomic mass is 10.1. The van der Waals surface area contributed by atoms with Gasteiger partial charge in [0.15, 0.2) is 0 Å². The summed E-state index contributed by atoms with van der Waals surface area (Å²) in [6.45, 7) is 3.62. The van der Waals surface area contributed by atoms with Crippen molar-refractivity contribution in [1.82, 2.24) is 4.90 Å². The minimum atomic E-state index is -0.158. The topological polar surface area (TPSA) is 56.3 Å². The smallest absolute Gasteiger partial charge is 0.123 e. The Balaban J connectivity index is 1.66. The van der Waals surface area contributed by atoms with E-state index in [0.717, 1.165) is 37.4 Å². The molecule has 1 fully saturated rings. The second kappa shape index (κ2) is 6.50. The summed E-state index contributed by atoms with van der Waals surface area (Å²) in [5.41, 5.74) is 8.80. The van der Waals surface area contributed by atoms with E-state index >= 15 is 0 Å². The molecule has 2 N–H and O–H groups in total.